The van der Waals surface area contributed by atoms with Gasteiger partial charge in [-0.25, -0.2) is 0 Å². The van der Waals surface area contributed by atoms with Crippen molar-refractivity contribution in [2.45, 2.75) is 49.4 Å². The minimum atomic E-state index is -0.835. The predicted octanol–water partition coefficient (Wildman–Crippen LogP) is 28.1. The zero-order valence-corrected chi connectivity index (χ0v) is 74.6. The highest BCUT2D eigenvalue weighted by atomic mass is 16.5. The van der Waals surface area contributed by atoms with Gasteiger partial charge in [0.2, 0.25) is 0 Å². The van der Waals surface area contributed by atoms with Crippen molar-refractivity contribution in [1.29, 1.82) is 0 Å². The van der Waals surface area contributed by atoms with Crippen molar-refractivity contribution in [2.75, 3.05) is 13.7 Å². The summed E-state index contributed by atoms with van der Waals surface area (Å²) in [5.41, 5.74) is 28.3. The summed E-state index contributed by atoms with van der Waals surface area (Å²) < 4.78 is 6.07. The van der Waals surface area contributed by atoms with Crippen molar-refractivity contribution < 1.29 is 9.84 Å². The smallest absolute Gasteiger partial charge is 0.127 e. The Hall–Kier alpha value is -17.3. The maximum Gasteiger partial charge on any atom is 0.127 e. The van der Waals surface area contributed by atoms with E-state index in [1.165, 1.54) is 44.5 Å². The van der Waals surface area contributed by atoms with Gasteiger partial charge >= 0.3 is 0 Å². The summed E-state index contributed by atoms with van der Waals surface area (Å²) in [6.07, 6.45) is 31.6. The molecule has 2 nitrogen and oxygen atoms in total. The van der Waals surface area contributed by atoms with Crippen LogP contribution in [-0.2, 0) is 26.4 Å². The van der Waals surface area contributed by atoms with Gasteiger partial charge in [-0.3, -0.25) is 0 Å². The molecule has 1 N–H and O–H groups in total. The third-order valence-corrected chi connectivity index (χ3v) is 24.0. The first-order chi connectivity index (χ1) is 65.0. The SMILES string of the molecule is C#CC.C#CC.C#CC.C#CC.C(#CC1(c2ccc(-c3ccc(C4(C#Cc5ccccc5)c5ccccc5C=Cc5ccccc54)cc3)cc2)c2ccccc2C=Cc2ccccc21)c1ccccc1.COC1=Cc2ccccc2C(C#Cc2ccccc2)(c2ccc(-c3ccc(C4(C#Cc5ccccc5)c5ccccc5C=C(CO)c5ccccc54)cc3)cc2)c2ccccc21. The van der Waals surface area contributed by atoms with Gasteiger partial charge in [0, 0.05) is 27.8 Å². The Morgan fingerprint density at radius 2 is 0.439 bits per heavy atom. The lowest BCUT2D eigenvalue weighted by atomic mass is 9.67. The minimum absolute atomic E-state index is 0.0805. The van der Waals surface area contributed by atoms with Crippen molar-refractivity contribution in [3.8, 4) is 119 Å². The molecule has 0 saturated carbocycles. The second kappa shape index (κ2) is 42.3. The van der Waals surface area contributed by atoms with E-state index in [0.717, 1.165) is 123 Å². The lowest BCUT2D eigenvalue weighted by Gasteiger charge is -2.33. The number of methoxy groups -OCH3 is 1. The number of hydrogen-bond acceptors (Lipinski definition) is 2. The molecule has 0 bridgehead atoms. The lowest BCUT2D eigenvalue weighted by molar-refractivity contribution is 0.350. The number of rotatable bonds is 8. The molecule has 2 unspecified atom stereocenters. The van der Waals surface area contributed by atoms with Gasteiger partial charge in [-0.05, 0) is 222 Å². The van der Waals surface area contributed by atoms with E-state index < -0.39 is 21.7 Å². The summed E-state index contributed by atoms with van der Waals surface area (Å²) in [6.45, 7) is 6.53. The van der Waals surface area contributed by atoms with Crippen LogP contribution in [0.1, 0.15) is 161 Å². The van der Waals surface area contributed by atoms with Crippen LogP contribution < -0.4 is 0 Å². The van der Waals surface area contributed by atoms with Crippen molar-refractivity contribution in [2.24, 2.45) is 0 Å². The topological polar surface area (TPSA) is 29.5 Å². The van der Waals surface area contributed by atoms with E-state index in [-0.39, 0.29) is 6.61 Å². The first kappa shape index (κ1) is 89.5. The molecular formula is C130H96O2. The molecule has 20 rings (SSSR count). The summed E-state index contributed by atoms with van der Waals surface area (Å²) in [4.78, 5) is 0. The molecular weight excluding hydrogens is 1590 g/mol. The number of benzene rings is 16. The fourth-order valence-corrected chi connectivity index (χ4v) is 18.2. The molecule has 2 heteroatoms. The molecule has 4 aliphatic carbocycles. The number of fused-ring (bicyclic) bond motifs is 8. The standard InChI is InChI=1S/C60H42O2.C58H38.4C3H4/c1-62-58-41-48-21-9-13-25-55(48)60(57-27-15-11-23-53(57)58,39-37-44-18-6-3-7-19-44)51-34-30-46(31-35-51)45-28-32-50(33-29-45)59(38-36-43-16-4-2-5-17-43)54-24-12-8-20-47(54)40-49(42-61)52-22-10-14-26-56(52)59;1-3-15-43(16-4-1)39-41-57(53-23-11-7-19-47(53)27-28-48-20-8-12-24-54(48)57)51-35-31-45(32-36-51)46-33-37-52(38-34-46)58(42-40-44-17-5-2-6-18-44)55-25-13-9-21-49(55)29-30-50-22-10-14-26-56(50)58;4*1-3-2/h2-35,40-41,61H,42H2,1H3;1-38H;4*1H,2H3. The van der Waals surface area contributed by atoms with Crippen LogP contribution in [0.5, 0.6) is 0 Å². The van der Waals surface area contributed by atoms with Crippen LogP contribution in [-0.4, -0.2) is 18.8 Å². The molecule has 0 radical (unpaired) electrons. The molecule has 16 aromatic rings. The first-order valence-corrected chi connectivity index (χ1v) is 44.0. The van der Waals surface area contributed by atoms with Crippen LogP contribution in [0.15, 0.2) is 413 Å². The molecule has 2 atom stereocenters. The first-order valence-electron chi connectivity index (χ1n) is 44.0. The molecule has 4 aliphatic rings. The Morgan fingerprint density at radius 3 is 0.705 bits per heavy atom. The number of aliphatic hydroxyl groups excluding tert-OH is 1. The highest BCUT2D eigenvalue weighted by molar-refractivity contribution is 5.91. The summed E-state index contributed by atoms with van der Waals surface area (Å²) >= 11 is 0. The van der Waals surface area contributed by atoms with Crippen molar-refractivity contribution in [3.05, 3.63) is 546 Å². The Kier molecular flexibility index (Phi) is 28.7. The molecule has 0 amide bonds. The van der Waals surface area contributed by atoms with E-state index in [1.807, 2.05) is 54.6 Å². The van der Waals surface area contributed by atoms with Crippen LogP contribution in [0.4, 0.5) is 0 Å². The van der Waals surface area contributed by atoms with Gasteiger partial charge in [-0.1, -0.05) is 436 Å². The zero-order valence-electron chi connectivity index (χ0n) is 74.6. The summed E-state index contributed by atoms with van der Waals surface area (Å²) in [7, 11) is 1.74. The summed E-state index contributed by atoms with van der Waals surface area (Å²) in [6, 6.07) is 145. The average Bonchev–Trinajstić information content (AvgIpc) is 1.39. The third kappa shape index (κ3) is 18.4. The van der Waals surface area contributed by atoms with Crippen molar-refractivity contribution >= 4 is 47.8 Å². The molecule has 132 heavy (non-hydrogen) atoms. The van der Waals surface area contributed by atoms with Gasteiger partial charge < -0.3 is 9.84 Å². The van der Waals surface area contributed by atoms with E-state index in [9.17, 15) is 5.11 Å². The van der Waals surface area contributed by atoms with E-state index in [1.54, 1.807) is 34.8 Å². The number of hydrogen-bond donors (Lipinski definition) is 1. The van der Waals surface area contributed by atoms with Crippen LogP contribution in [0.3, 0.4) is 0 Å². The van der Waals surface area contributed by atoms with E-state index in [2.05, 4.69) is 491 Å². The molecule has 628 valence electrons. The zero-order chi connectivity index (χ0) is 91.5. The van der Waals surface area contributed by atoms with Gasteiger partial charge in [0.05, 0.1) is 13.7 Å². The summed E-state index contributed by atoms with van der Waals surface area (Å²) in [5, 5.41) is 10.7. The Labute approximate surface area is 780 Å². The van der Waals surface area contributed by atoms with Crippen molar-refractivity contribution in [1.82, 2.24) is 0 Å². The minimum Gasteiger partial charge on any atom is -0.496 e. The molecule has 0 fully saturated rings. The van der Waals surface area contributed by atoms with E-state index >= 15 is 0 Å². The quantitative estimate of drug-likeness (QED) is 0.154. The Morgan fingerprint density at radius 1 is 0.235 bits per heavy atom. The Bertz CT molecular complexity index is 6840. The summed E-state index contributed by atoms with van der Waals surface area (Å²) in [5.74, 6) is 39.6. The second-order valence-corrected chi connectivity index (χ2v) is 31.7. The Balaban J connectivity index is 0.000000181. The van der Waals surface area contributed by atoms with Crippen LogP contribution in [0.2, 0.25) is 0 Å². The normalized spacial score (nSPS) is 14.3. The largest absolute Gasteiger partial charge is 0.496 e. The fourth-order valence-electron chi connectivity index (χ4n) is 18.2. The maximum absolute atomic E-state index is 10.7. The molecule has 0 aliphatic heterocycles. The van der Waals surface area contributed by atoms with Gasteiger partial charge in [-0.15, -0.1) is 49.4 Å². The molecule has 16 aromatic carbocycles. The third-order valence-electron chi connectivity index (χ3n) is 24.0. The van der Waals surface area contributed by atoms with E-state index in [4.69, 9.17) is 4.74 Å². The molecule has 0 spiro atoms. The monoisotopic (exact) mass is 1690 g/mol. The highest BCUT2D eigenvalue weighted by Crippen LogP contribution is 2.52. The number of ether oxygens (including phenoxy) is 1. The molecule has 0 saturated heterocycles. The number of terminal acetylenes is 4. The maximum atomic E-state index is 10.7. The molecule has 0 aromatic heterocycles. The second-order valence-electron chi connectivity index (χ2n) is 31.7. The van der Waals surface area contributed by atoms with Crippen LogP contribution in [0, 0.1) is 96.7 Å². The predicted molar refractivity (Wildman–Crippen MR) is 554 cm³/mol. The van der Waals surface area contributed by atoms with Crippen LogP contribution >= 0.6 is 0 Å². The van der Waals surface area contributed by atoms with Gasteiger partial charge in [-0.2, -0.15) is 0 Å². The lowest BCUT2D eigenvalue weighted by Crippen LogP contribution is -2.29. The van der Waals surface area contributed by atoms with Crippen LogP contribution in [0.25, 0.3) is 70.0 Å². The fraction of sp³-hybridized carbons (Fsp3) is 0.0769. The van der Waals surface area contributed by atoms with Gasteiger partial charge in [0.1, 0.15) is 27.4 Å². The average molecular weight is 1690 g/mol. The molecule has 0 heterocycles. The number of aliphatic hydroxyl groups is 1. The van der Waals surface area contributed by atoms with Crippen molar-refractivity contribution in [3.63, 3.8) is 0 Å². The van der Waals surface area contributed by atoms with Gasteiger partial charge in [0.15, 0.2) is 0 Å². The van der Waals surface area contributed by atoms with Gasteiger partial charge in [0.25, 0.3) is 0 Å². The van der Waals surface area contributed by atoms with E-state index in [0.29, 0.717) is 0 Å². The highest BCUT2D eigenvalue weighted by Gasteiger charge is 2.44.